The molecule has 0 radical (unpaired) electrons. The number of anilines is 1. The Kier molecular flexibility index (Phi) is 7.50. The van der Waals surface area contributed by atoms with Crippen molar-refractivity contribution in [1.29, 1.82) is 0 Å². The number of hydrazone groups is 1. The highest BCUT2D eigenvalue weighted by Crippen LogP contribution is 2.29. The number of amides is 1. The molecule has 0 saturated heterocycles. The third-order valence-corrected chi connectivity index (χ3v) is 6.59. The van der Waals surface area contributed by atoms with E-state index < -0.39 is 22.5 Å². The Bertz CT molecular complexity index is 1210. The van der Waals surface area contributed by atoms with Crippen LogP contribution in [-0.2, 0) is 14.8 Å². The molecular formula is C23H22ClN3O4S. The van der Waals surface area contributed by atoms with E-state index in [9.17, 15) is 13.2 Å². The Hall–Kier alpha value is -3.36. The van der Waals surface area contributed by atoms with Crippen LogP contribution in [0.1, 0.15) is 11.1 Å². The van der Waals surface area contributed by atoms with Gasteiger partial charge in [0.1, 0.15) is 12.3 Å². The van der Waals surface area contributed by atoms with E-state index in [4.69, 9.17) is 16.3 Å². The normalized spacial score (nSPS) is 11.3. The van der Waals surface area contributed by atoms with Gasteiger partial charge in [0.2, 0.25) is 0 Å². The number of carbonyl (C=O) groups excluding carboxylic acids is 1. The van der Waals surface area contributed by atoms with E-state index in [1.54, 1.807) is 68.6 Å². The van der Waals surface area contributed by atoms with Crippen LogP contribution in [0.3, 0.4) is 0 Å². The molecule has 0 bridgehead atoms. The molecule has 0 heterocycles. The molecule has 0 aliphatic rings. The number of nitrogens with zero attached hydrogens (tertiary/aromatic N) is 2. The molecular weight excluding hydrogens is 450 g/mol. The molecule has 166 valence electrons. The highest BCUT2D eigenvalue weighted by atomic mass is 35.5. The largest absolute Gasteiger partial charge is 0.497 e. The molecule has 3 aromatic rings. The van der Waals surface area contributed by atoms with Crippen molar-refractivity contribution in [3.63, 3.8) is 0 Å². The first kappa shape index (κ1) is 23.3. The molecule has 1 N–H and O–H groups in total. The molecule has 3 rings (SSSR count). The summed E-state index contributed by atoms with van der Waals surface area (Å²) < 4.78 is 32.8. The minimum Gasteiger partial charge on any atom is -0.497 e. The van der Waals surface area contributed by atoms with Crippen molar-refractivity contribution >= 4 is 39.4 Å². The van der Waals surface area contributed by atoms with E-state index in [0.29, 0.717) is 22.0 Å². The molecule has 9 heteroatoms. The van der Waals surface area contributed by atoms with Gasteiger partial charge in [-0.2, -0.15) is 5.10 Å². The van der Waals surface area contributed by atoms with Crippen LogP contribution >= 0.6 is 11.6 Å². The zero-order valence-electron chi connectivity index (χ0n) is 17.5. The first-order valence-corrected chi connectivity index (χ1v) is 11.4. The number of ether oxygens (including phenoxy) is 1. The molecule has 0 aromatic heterocycles. The molecule has 0 unspecified atom stereocenters. The maximum Gasteiger partial charge on any atom is 0.264 e. The lowest BCUT2D eigenvalue weighted by atomic mass is 10.2. The van der Waals surface area contributed by atoms with Gasteiger partial charge in [-0.25, -0.2) is 13.8 Å². The van der Waals surface area contributed by atoms with Crippen LogP contribution in [0.15, 0.2) is 82.8 Å². The second kappa shape index (κ2) is 10.3. The SMILES string of the molecule is COc1ccc(/C=N\NC(=O)CN(c2cc(Cl)ccc2C)S(=O)(=O)c2ccccc2)cc1. The van der Waals surface area contributed by atoms with Crippen LogP contribution < -0.4 is 14.5 Å². The minimum atomic E-state index is -4.03. The predicted octanol–water partition coefficient (Wildman–Crippen LogP) is 4.00. The van der Waals surface area contributed by atoms with Gasteiger partial charge in [-0.3, -0.25) is 9.10 Å². The minimum absolute atomic E-state index is 0.0638. The molecule has 0 fully saturated rings. The van der Waals surface area contributed by atoms with Gasteiger partial charge < -0.3 is 4.74 Å². The van der Waals surface area contributed by atoms with Gasteiger partial charge >= 0.3 is 0 Å². The lowest BCUT2D eigenvalue weighted by Crippen LogP contribution is -2.40. The Morgan fingerprint density at radius 3 is 2.44 bits per heavy atom. The summed E-state index contributed by atoms with van der Waals surface area (Å²) in [5, 5.41) is 4.28. The zero-order chi connectivity index (χ0) is 23.1. The fourth-order valence-electron chi connectivity index (χ4n) is 2.91. The topological polar surface area (TPSA) is 88.1 Å². The summed E-state index contributed by atoms with van der Waals surface area (Å²) in [4.78, 5) is 12.7. The zero-order valence-corrected chi connectivity index (χ0v) is 19.1. The Labute approximate surface area is 192 Å². The summed E-state index contributed by atoms with van der Waals surface area (Å²) >= 11 is 6.11. The molecule has 0 saturated carbocycles. The number of carbonyl (C=O) groups is 1. The van der Waals surface area contributed by atoms with Gasteiger partial charge in [-0.1, -0.05) is 35.9 Å². The summed E-state index contributed by atoms with van der Waals surface area (Å²) in [5.74, 6) is 0.0958. The third-order valence-electron chi connectivity index (χ3n) is 4.58. The van der Waals surface area contributed by atoms with Crippen molar-refractivity contribution in [3.8, 4) is 5.75 Å². The van der Waals surface area contributed by atoms with E-state index in [2.05, 4.69) is 10.5 Å². The second-order valence-corrected chi connectivity index (χ2v) is 9.12. The fourth-order valence-corrected chi connectivity index (χ4v) is 4.57. The van der Waals surface area contributed by atoms with Crippen molar-refractivity contribution in [3.05, 3.63) is 88.9 Å². The van der Waals surface area contributed by atoms with Gasteiger partial charge in [0.05, 0.1) is 23.9 Å². The molecule has 0 aliphatic carbocycles. The maximum absolute atomic E-state index is 13.3. The number of rotatable bonds is 8. The summed E-state index contributed by atoms with van der Waals surface area (Å²) in [7, 11) is -2.46. The smallest absolute Gasteiger partial charge is 0.264 e. The standard InChI is InChI=1S/C23H22ClN3O4S/c1-17-8-11-19(24)14-22(17)27(32(29,30)21-6-4-3-5-7-21)16-23(28)26-25-15-18-9-12-20(31-2)13-10-18/h3-15H,16H2,1-2H3,(H,26,28)/b25-15-. The molecule has 3 aromatic carbocycles. The number of methoxy groups -OCH3 is 1. The van der Waals surface area contributed by atoms with Crippen molar-refractivity contribution in [1.82, 2.24) is 5.43 Å². The van der Waals surface area contributed by atoms with E-state index in [0.717, 1.165) is 9.87 Å². The number of hydrogen-bond donors (Lipinski definition) is 1. The van der Waals surface area contributed by atoms with Crippen LogP contribution in [0.5, 0.6) is 5.75 Å². The van der Waals surface area contributed by atoms with Crippen LogP contribution in [0.4, 0.5) is 5.69 Å². The lowest BCUT2D eigenvalue weighted by Gasteiger charge is -2.25. The third kappa shape index (κ3) is 5.66. The Morgan fingerprint density at radius 1 is 1.09 bits per heavy atom. The average molecular weight is 472 g/mol. The van der Waals surface area contributed by atoms with E-state index in [1.807, 2.05) is 0 Å². The molecule has 0 spiro atoms. The first-order chi connectivity index (χ1) is 15.3. The lowest BCUT2D eigenvalue weighted by molar-refractivity contribution is -0.119. The van der Waals surface area contributed by atoms with Crippen molar-refractivity contribution in [2.45, 2.75) is 11.8 Å². The van der Waals surface area contributed by atoms with Crippen molar-refractivity contribution in [2.75, 3.05) is 18.0 Å². The number of hydrogen-bond acceptors (Lipinski definition) is 5. The predicted molar refractivity (Wildman–Crippen MR) is 126 cm³/mol. The van der Waals surface area contributed by atoms with Gasteiger partial charge in [-0.05, 0) is 66.6 Å². The molecule has 1 amide bonds. The summed E-state index contributed by atoms with van der Waals surface area (Å²) in [5.41, 5.74) is 4.09. The van der Waals surface area contributed by atoms with Crippen molar-refractivity contribution in [2.24, 2.45) is 5.10 Å². The number of aryl methyl sites for hydroxylation is 1. The Balaban J connectivity index is 1.84. The van der Waals surface area contributed by atoms with Gasteiger partial charge in [0.25, 0.3) is 15.9 Å². The van der Waals surface area contributed by atoms with E-state index in [1.165, 1.54) is 24.4 Å². The second-order valence-electron chi connectivity index (χ2n) is 6.82. The number of halogens is 1. The summed E-state index contributed by atoms with van der Waals surface area (Å²) in [6.45, 7) is 1.28. The number of nitrogens with one attached hydrogen (secondary N) is 1. The van der Waals surface area contributed by atoms with Gasteiger partial charge in [0, 0.05) is 5.02 Å². The Morgan fingerprint density at radius 2 is 1.78 bits per heavy atom. The van der Waals surface area contributed by atoms with Crippen molar-refractivity contribution < 1.29 is 17.9 Å². The molecule has 0 atom stereocenters. The van der Waals surface area contributed by atoms with Crippen LogP contribution in [0.2, 0.25) is 5.02 Å². The van der Waals surface area contributed by atoms with Crippen LogP contribution in [0, 0.1) is 6.92 Å². The number of benzene rings is 3. The fraction of sp³-hybridized carbons (Fsp3) is 0.130. The van der Waals surface area contributed by atoms with E-state index in [-0.39, 0.29) is 4.90 Å². The van der Waals surface area contributed by atoms with Crippen LogP contribution in [0.25, 0.3) is 0 Å². The monoisotopic (exact) mass is 471 g/mol. The maximum atomic E-state index is 13.3. The molecule has 32 heavy (non-hydrogen) atoms. The average Bonchev–Trinajstić information content (AvgIpc) is 2.80. The van der Waals surface area contributed by atoms with Crippen LogP contribution in [-0.4, -0.2) is 34.2 Å². The quantitative estimate of drug-likeness (QED) is 0.397. The van der Waals surface area contributed by atoms with E-state index >= 15 is 0 Å². The summed E-state index contributed by atoms with van der Waals surface area (Å²) in [6, 6.07) is 19.9. The molecule has 0 aliphatic heterocycles. The highest BCUT2D eigenvalue weighted by Gasteiger charge is 2.28. The first-order valence-electron chi connectivity index (χ1n) is 9.61. The summed E-state index contributed by atoms with van der Waals surface area (Å²) in [6.07, 6.45) is 1.46. The van der Waals surface area contributed by atoms with Gasteiger partial charge in [-0.15, -0.1) is 0 Å². The number of sulfonamides is 1. The van der Waals surface area contributed by atoms with Gasteiger partial charge in [0.15, 0.2) is 0 Å². The molecule has 7 nitrogen and oxygen atoms in total. The highest BCUT2D eigenvalue weighted by molar-refractivity contribution is 7.92.